The van der Waals surface area contributed by atoms with E-state index in [-0.39, 0.29) is 24.0 Å². The summed E-state index contributed by atoms with van der Waals surface area (Å²) in [6.07, 6.45) is 5.32. The van der Waals surface area contributed by atoms with E-state index in [4.69, 9.17) is 9.73 Å². The van der Waals surface area contributed by atoms with Gasteiger partial charge in [-0.05, 0) is 51.5 Å². The second kappa shape index (κ2) is 11.0. The number of benzene rings is 1. The molecule has 3 aliphatic heterocycles. The van der Waals surface area contributed by atoms with Gasteiger partial charge in [0, 0.05) is 37.9 Å². The second-order valence-corrected chi connectivity index (χ2v) is 11.6. The molecule has 4 aliphatic rings. The lowest BCUT2D eigenvalue weighted by Crippen LogP contribution is -2.51. The number of hydrogen-bond donors (Lipinski definition) is 0. The fourth-order valence-corrected chi connectivity index (χ4v) is 6.81. The van der Waals surface area contributed by atoms with Crippen molar-refractivity contribution >= 4 is 28.8 Å². The number of hydrogen-bond acceptors (Lipinski definition) is 7. The highest BCUT2D eigenvalue weighted by Gasteiger charge is 2.41. The average Bonchev–Trinajstić information content (AvgIpc) is 3.54. The van der Waals surface area contributed by atoms with E-state index in [1.165, 1.54) is 37.4 Å². The maximum Gasteiger partial charge on any atom is 0.338 e. The van der Waals surface area contributed by atoms with Crippen molar-refractivity contribution in [3.8, 4) is 0 Å². The van der Waals surface area contributed by atoms with Crippen molar-refractivity contribution in [1.29, 1.82) is 0 Å². The number of carbonyl (C=O) groups excluding carboxylic acids is 2. The lowest BCUT2D eigenvalue weighted by atomic mass is 9.93. The Labute approximate surface area is 224 Å². The van der Waals surface area contributed by atoms with Gasteiger partial charge in [0.25, 0.3) is 0 Å². The first-order valence-corrected chi connectivity index (χ1v) is 14.4. The number of amidine groups is 1. The van der Waals surface area contributed by atoms with Gasteiger partial charge in [0.15, 0.2) is 5.17 Å². The highest BCUT2D eigenvalue weighted by molar-refractivity contribution is 8.16. The number of ether oxygens (including phenoxy) is 1. The SMILES string of the molecule is CC1=C(C(=O)OC(C)C)C(c2ccc(C)cc2)N2C(CC(=O)N3CCN(C4CCCC4)CC3)=CSC2=N1. The Morgan fingerprint density at radius 3 is 2.38 bits per heavy atom. The number of esters is 1. The normalized spacial score (nSPS) is 22.9. The monoisotopic (exact) mass is 522 g/mol. The summed E-state index contributed by atoms with van der Waals surface area (Å²) < 4.78 is 5.65. The molecule has 1 atom stereocenters. The molecule has 0 spiro atoms. The number of fused-ring (bicyclic) bond motifs is 1. The molecule has 1 saturated carbocycles. The molecule has 7 nitrogen and oxygen atoms in total. The van der Waals surface area contributed by atoms with E-state index in [0.717, 1.165) is 48.2 Å². The van der Waals surface area contributed by atoms with Crippen LogP contribution < -0.4 is 0 Å². The maximum absolute atomic E-state index is 13.5. The van der Waals surface area contributed by atoms with Crippen molar-refractivity contribution in [2.24, 2.45) is 4.99 Å². The Hall–Kier alpha value is -2.58. The minimum absolute atomic E-state index is 0.138. The summed E-state index contributed by atoms with van der Waals surface area (Å²) in [5.41, 5.74) is 4.23. The van der Waals surface area contributed by atoms with Crippen LogP contribution in [0.3, 0.4) is 0 Å². The van der Waals surface area contributed by atoms with E-state index in [1.54, 1.807) is 0 Å². The molecule has 1 aromatic carbocycles. The first-order chi connectivity index (χ1) is 17.8. The molecule has 0 aromatic heterocycles. The molecule has 8 heteroatoms. The van der Waals surface area contributed by atoms with E-state index in [0.29, 0.717) is 23.7 Å². The molecule has 3 heterocycles. The van der Waals surface area contributed by atoms with E-state index in [9.17, 15) is 9.59 Å². The van der Waals surface area contributed by atoms with E-state index >= 15 is 0 Å². The van der Waals surface area contributed by atoms with Gasteiger partial charge in [-0.15, -0.1) is 0 Å². The molecule has 1 aliphatic carbocycles. The van der Waals surface area contributed by atoms with E-state index in [1.807, 2.05) is 31.1 Å². The fourth-order valence-electron chi connectivity index (χ4n) is 5.85. The molecule has 198 valence electrons. The predicted molar refractivity (Wildman–Crippen MR) is 148 cm³/mol. The number of rotatable bonds is 6. The van der Waals surface area contributed by atoms with Crippen LogP contribution in [0.15, 0.2) is 51.6 Å². The van der Waals surface area contributed by atoms with Gasteiger partial charge in [-0.25, -0.2) is 9.79 Å². The Kier molecular flexibility index (Phi) is 7.77. The van der Waals surface area contributed by atoms with Gasteiger partial charge in [0.2, 0.25) is 5.91 Å². The predicted octanol–water partition coefficient (Wildman–Crippen LogP) is 5.00. The third-order valence-electron chi connectivity index (χ3n) is 7.80. The molecule has 0 radical (unpaired) electrons. The number of amides is 1. The summed E-state index contributed by atoms with van der Waals surface area (Å²) in [7, 11) is 0. The standard InChI is InChI=1S/C29H38N4O3S/c1-19(2)36-28(35)26-21(4)30-29-33(27(26)22-11-9-20(3)10-12-22)24(18-37-29)17-25(34)32-15-13-31(14-16-32)23-7-5-6-8-23/h9-12,18-19,23,27H,5-8,13-17H2,1-4H3. The first-order valence-electron chi connectivity index (χ1n) is 13.6. The number of thioether (sulfide) groups is 1. The zero-order valence-electron chi connectivity index (χ0n) is 22.4. The summed E-state index contributed by atoms with van der Waals surface area (Å²) in [4.78, 5) is 38.2. The van der Waals surface area contributed by atoms with E-state index < -0.39 is 0 Å². The quantitative estimate of drug-likeness (QED) is 0.490. The topological polar surface area (TPSA) is 65.5 Å². The number of aryl methyl sites for hydroxylation is 1. The molecule has 1 aromatic rings. The Morgan fingerprint density at radius 2 is 1.73 bits per heavy atom. The van der Waals surface area contributed by atoms with Gasteiger partial charge in [0.1, 0.15) is 0 Å². The van der Waals surface area contributed by atoms with Crippen molar-refractivity contribution in [3.63, 3.8) is 0 Å². The number of allylic oxidation sites excluding steroid dienone is 1. The smallest absolute Gasteiger partial charge is 0.338 e. The van der Waals surface area contributed by atoms with Crippen molar-refractivity contribution in [3.05, 3.63) is 57.8 Å². The maximum atomic E-state index is 13.5. The van der Waals surface area contributed by atoms with Crippen LogP contribution in [0.2, 0.25) is 0 Å². The molecule has 5 rings (SSSR count). The van der Waals surface area contributed by atoms with Gasteiger partial charge in [0.05, 0.1) is 29.8 Å². The van der Waals surface area contributed by atoms with Gasteiger partial charge < -0.3 is 14.5 Å². The van der Waals surface area contributed by atoms with Gasteiger partial charge in [-0.3, -0.25) is 9.69 Å². The summed E-state index contributed by atoms with van der Waals surface area (Å²) in [5, 5.41) is 2.83. The molecule has 0 N–H and O–H groups in total. The summed E-state index contributed by atoms with van der Waals surface area (Å²) in [5.74, 6) is -0.217. The Bertz CT molecular complexity index is 1130. The van der Waals surface area contributed by atoms with Crippen LogP contribution in [-0.4, -0.2) is 70.1 Å². The number of carbonyl (C=O) groups is 2. The average molecular weight is 523 g/mol. The minimum atomic E-state index is -0.382. The highest BCUT2D eigenvalue weighted by Crippen LogP contribution is 2.45. The minimum Gasteiger partial charge on any atom is -0.459 e. The Balaban J connectivity index is 1.36. The van der Waals surface area contributed by atoms with Crippen LogP contribution in [0.1, 0.15) is 70.0 Å². The van der Waals surface area contributed by atoms with E-state index in [2.05, 4.69) is 41.0 Å². The number of nitrogens with zero attached hydrogens (tertiary/aromatic N) is 4. The molecular weight excluding hydrogens is 484 g/mol. The number of piperazine rings is 1. The van der Waals surface area contributed by atoms with Crippen LogP contribution in [0.4, 0.5) is 0 Å². The second-order valence-electron chi connectivity index (χ2n) is 10.8. The molecule has 1 unspecified atom stereocenters. The fraction of sp³-hybridized carbons (Fsp3) is 0.552. The zero-order valence-corrected chi connectivity index (χ0v) is 23.2. The molecule has 1 saturated heterocycles. The van der Waals surface area contributed by atoms with Crippen LogP contribution in [-0.2, 0) is 14.3 Å². The Morgan fingerprint density at radius 1 is 1.05 bits per heavy atom. The molecule has 37 heavy (non-hydrogen) atoms. The van der Waals surface area contributed by atoms with Crippen molar-refractivity contribution < 1.29 is 14.3 Å². The molecule has 0 bridgehead atoms. The third-order valence-corrected chi connectivity index (χ3v) is 8.69. The van der Waals surface area contributed by atoms with Crippen LogP contribution in [0, 0.1) is 6.92 Å². The van der Waals surface area contributed by atoms with Crippen molar-refractivity contribution in [1.82, 2.24) is 14.7 Å². The van der Waals surface area contributed by atoms with Crippen LogP contribution in [0.5, 0.6) is 0 Å². The summed E-state index contributed by atoms with van der Waals surface area (Å²) in [6.45, 7) is 11.1. The largest absolute Gasteiger partial charge is 0.459 e. The van der Waals surface area contributed by atoms with Crippen molar-refractivity contribution in [2.75, 3.05) is 26.2 Å². The highest BCUT2D eigenvalue weighted by atomic mass is 32.2. The zero-order chi connectivity index (χ0) is 26.1. The number of aliphatic imine (C=N–C) groups is 1. The summed E-state index contributed by atoms with van der Waals surface area (Å²) in [6, 6.07) is 8.56. The molecule has 1 amide bonds. The van der Waals surface area contributed by atoms with Crippen LogP contribution in [0.25, 0.3) is 0 Å². The third kappa shape index (κ3) is 5.50. The lowest BCUT2D eigenvalue weighted by molar-refractivity contribution is -0.143. The first kappa shape index (κ1) is 26.0. The van der Waals surface area contributed by atoms with Gasteiger partial charge >= 0.3 is 5.97 Å². The van der Waals surface area contributed by atoms with Crippen molar-refractivity contribution in [2.45, 2.75) is 78.0 Å². The van der Waals surface area contributed by atoms with Gasteiger partial charge in [-0.1, -0.05) is 54.4 Å². The molecule has 2 fully saturated rings. The molecular formula is C29H38N4O3S. The lowest BCUT2D eigenvalue weighted by Gasteiger charge is -2.39. The summed E-state index contributed by atoms with van der Waals surface area (Å²) >= 11 is 1.52. The van der Waals surface area contributed by atoms with Crippen LogP contribution >= 0.6 is 11.8 Å². The van der Waals surface area contributed by atoms with Gasteiger partial charge in [-0.2, -0.15) is 0 Å².